The van der Waals surface area contributed by atoms with E-state index in [1.165, 1.54) is 11.1 Å². The van der Waals surface area contributed by atoms with Crippen molar-refractivity contribution in [3.05, 3.63) is 52.0 Å². The first kappa shape index (κ1) is 15.0. The number of amides is 2. The SMILES string of the molecule is CC1(C)CCC(NC(=O)NCc2nccs2)c2ccccc21. The average molecular weight is 315 g/mol. The number of rotatable bonds is 3. The number of carbonyl (C=O) groups excluding carboxylic acids is 1. The highest BCUT2D eigenvalue weighted by Crippen LogP contribution is 2.41. The lowest BCUT2D eigenvalue weighted by molar-refractivity contribution is 0.233. The molecule has 4 nitrogen and oxygen atoms in total. The van der Waals surface area contributed by atoms with Gasteiger partial charge in [0.05, 0.1) is 12.6 Å². The number of nitrogens with zero attached hydrogens (tertiary/aromatic N) is 1. The molecule has 0 fully saturated rings. The summed E-state index contributed by atoms with van der Waals surface area (Å²) >= 11 is 1.55. The lowest BCUT2D eigenvalue weighted by atomic mass is 9.71. The fraction of sp³-hybridized carbons (Fsp3) is 0.412. The highest BCUT2D eigenvalue weighted by atomic mass is 32.1. The molecule has 1 heterocycles. The maximum atomic E-state index is 12.1. The summed E-state index contributed by atoms with van der Waals surface area (Å²) in [6, 6.07) is 8.38. The second-order valence-corrected chi connectivity index (χ2v) is 7.29. The van der Waals surface area contributed by atoms with Gasteiger partial charge in [-0.15, -0.1) is 11.3 Å². The van der Waals surface area contributed by atoms with Gasteiger partial charge in [0.25, 0.3) is 0 Å². The molecule has 0 radical (unpaired) electrons. The molecule has 0 saturated carbocycles. The highest BCUT2D eigenvalue weighted by Gasteiger charge is 2.32. The first-order chi connectivity index (χ1) is 10.6. The van der Waals surface area contributed by atoms with Gasteiger partial charge in [-0.2, -0.15) is 0 Å². The van der Waals surface area contributed by atoms with E-state index in [1.54, 1.807) is 17.5 Å². The van der Waals surface area contributed by atoms with Gasteiger partial charge < -0.3 is 10.6 Å². The molecule has 116 valence electrons. The van der Waals surface area contributed by atoms with Crippen LogP contribution in [0.5, 0.6) is 0 Å². The number of thiazole rings is 1. The van der Waals surface area contributed by atoms with E-state index < -0.39 is 0 Å². The molecule has 1 aromatic carbocycles. The third-order valence-electron chi connectivity index (χ3n) is 4.31. The van der Waals surface area contributed by atoms with E-state index in [9.17, 15) is 4.79 Å². The lowest BCUT2D eigenvalue weighted by Crippen LogP contribution is -2.40. The van der Waals surface area contributed by atoms with Crippen molar-refractivity contribution in [3.63, 3.8) is 0 Å². The van der Waals surface area contributed by atoms with Crippen LogP contribution in [0.4, 0.5) is 4.79 Å². The first-order valence-electron chi connectivity index (χ1n) is 7.58. The van der Waals surface area contributed by atoms with Crippen LogP contribution >= 0.6 is 11.3 Å². The molecule has 1 aromatic heterocycles. The van der Waals surface area contributed by atoms with Crippen LogP contribution in [-0.4, -0.2) is 11.0 Å². The van der Waals surface area contributed by atoms with Crippen LogP contribution < -0.4 is 10.6 Å². The van der Waals surface area contributed by atoms with Crippen LogP contribution in [0.1, 0.15) is 48.9 Å². The quantitative estimate of drug-likeness (QED) is 0.906. The van der Waals surface area contributed by atoms with Crippen molar-refractivity contribution in [1.29, 1.82) is 0 Å². The van der Waals surface area contributed by atoms with Crippen LogP contribution in [0.15, 0.2) is 35.8 Å². The zero-order valence-corrected chi connectivity index (χ0v) is 13.7. The Morgan fingerprint density at radius 2 is 2.23 bits per heavy atom. The van der Waals surface area contributed by atoms with Crippen LogP contribution in [0.25, 0.3) is 0 Å². The Morgan fingerprint density at radius 1 is 1.41 bits per heavy atom. The smallest absolute Gasteiger partial charge is 0.315 e. The number of hydrogen-bond acceptors (Lipinski definition) is 3. The lowest BCUT2D eigenvalue weighted by Gasteiger charge is -2.37. The van der Waals surface area contributed by atoms with E-state index >= 15 is 0 Å². The fourth-order valence-corrected chi connectivity index (χ4v) is 3.62. The van der Waals surface area contributed by atoms with Crippen molar-refractivity contribution in [2.24, 2.45) is 0 Å². The predicted molar refractivity (Wildman–Crippen MR) is 88.9 cm³/mol. The molecule has 2 aromatic rings. The number of benzene rings is 1. The van der Waals surface area contributed by atoms with Gasteiger partial charge in [-0.05, 0) is 29.4 Å². The monoisotopic (exact) mass is 315 g/mol. The summed E-state index contributed by atoms with van der Waals surface area (Å²) in [6.45, 7) is 5.01. The largest absolute Gasteiger partial charge is 0.332 e. The van der Waals surface area contributed by atoms with Gasteiger partial charge >= 0.3 is 6.03 Å². The van der Waals surface area contributed by atoms with Crippen molar-refractivity contribution in [1.82, 2.24) is 15.6 Å². The Labute approximate surface area is 135 Å². The van der Waals surface area contributed by atoms with Gasteiger partial charge in [0.15, 0.2) is 0 Å². The number of hydrogen-bond donors (Lipinski definition) is 2. The topological polar surface area (TPSA) is 54.0 Å². The van der Waals surface area contributed by atoms with Gasteiger partial charge in [0.2, 0.25) is 0 Å². The summed E-state index contributed by atoms with van der Waals surface area (Å²) in [5.74, 6) is 0. The summed E-state index contributed by atoms with van der Waals surface area (Å²) in [6.07, 6.45) is 3.79. The minimum absolute atomic E-state index is 0.0838. The summed E-state index contributed by atoms with van der Waals surface area (Å²) in [5.41, 5.74) is 2.75. The molecule has 5 heteroatoms. The molecule has 1 aliphatic rings. The molecule has 3 rings (SSSR count). The molecule has 0 bridgehead atoms. The molecular formula is C17H21N3OS. The minimum Gasteiger partial charge on any atom is -0.332 e. The van der Waals surface area contributed by atoms with E-state index in [2.05, 4.69) is 47.7 Å². The molecule has 1 atom stereocenters. The van der Waals surface area contributed by atoms with E-state index in [0.29, 0.717) is 6.54 Å². The van der Waals surface area contributed by atoms with Gasteiger partial charge in [0.1, 0.15) is 5.01 Å². The number of fused-ring (bicyclic) bond motifs is 1. The second-order valence-electron chi connectivity index (χ2n) is 6.32. The highest BCUT2D eigenvalue weighted by molar-refractivity contribution is 7.09. The number of carbonyl (C=O) groups is 1. The van der Waals surface area contributed by atoms with E-state index in [1.807, 2.05) is 11.4 Å². The van der Waals surface area contributed by atoms with Crippen molar-refractivity contribution >= 4 is 17.4 Å². The molecular weight excluding hydrogens is 294 g/mol. The molecule has 1 aliphatic carbocycles. The van der Waals surface area contributed by atoms with Gasteiger partial charge in [0, 0.05) is 11.6 Å². The Bertz CT molecular complexity index is 652. The normalized spacial score (nSPS) is 19.3. The Kier molecular flexibility index (Phi) is 4.16. The van der Waals surface area contributed by atoms with E-state index in [4.69, 9.17) is 0 Å². The van der Waals surface area contributed by atoms with Gasteiger partial charge in [-0.1, -0.05) is 38.1 Å². The third kappa shape index (κ3) is 3.14. The molecule has 22 heavy (non-hydrogen) atoms. The Morgan fingerprint density at radius 3 is 3.00 bits per heavy atom. The standard InChI is InChI=1S/C17H21N3OS/c1-17(2)8-7-14(12-5-3-4-6-13(12)17)20-16(21)19-11-15-18-9-10-22-15/h3-6,9-10,14H,7-8,11H2,1-2H3,(H2,19,20,21). The summed E-state index contributed by atoms with van der Waals surface area (Å²) in [5, 5.41) is 8.81. The summed E-state index contributed by atoms with van der Waals surface area (Å²) in [7, 11) is 0. The van der Waals surface area contributed by atoms with Crippen molar-refractivity contribution < 1.29 is 4.79 Å². The molecule has 0 spiro atoms. The second kappa shape index (κ2) is 6.08. The van der Waals surface area contributed by atoms with Crippen molar-refractivity contribution in [3.8, 4) is 0 Å². The van der Waals surface area contributed by atoms with Crippen LogP contribution in [0.2, 0.25) is 0 Å². The fourth-order valence-electron chi connectivity index (χ4n) is 3.07. The Balaban J connectivity index is 1.67. The molecule has 1 unspecified atom stereocenters. The number of urea groups is 1. The van der Waals surface area contributed by atoms with Crippen molar-refractivity contribution in [2.45, 2.75) is 44.7 Å². The van der Waals surface area contributed by atoms with Crippen LogP contribution in [0, 0.1) is 0 Å². The number of aromatic nitrogens is 1. The molecule has 0 saturated heterocycles. The molecule has 2 N–H and O–H groups in total. The third-order valence-corrected chi connectivity index (χ3v) is 5.09. The summed E-state index contributed by atoms with van der Waals surface area (Å²) < 4.78 is 0. The maximum Gasteiger partial charge on any atom is 0.315 e. The van der Waals surface area contributed by atoms with Crippen molar-refractivity contribution in [2.75, 3.05) is 0 Å². The average Bonchev–Trinajstić information content (AvgIpc) is 3.02. The Hall–Kier alpha value is -1.88. The molecule has 0 aliphatic heterocycles. The van der Waals surface area contributed by atoms with E-state index in [0.717, 1.165) is 17.8 Å². The first-order valence-corrected chi connectivity index (χ1v) is 8.46. The zero-order chi connectivity index (χ0) is 15.6. The van der Waals surface area contributed by atoms with E-state index in [-0.39, 0.29) is 17.5 Å². The zero-order valence-electron chi connectivity index (χ0n) is 12.9. The number of nitrogens with one attached hydrogen (secondary N) is 2. The minimum atomic E-state index is -0.130. The van der Waals surface area contributed by atoms with Crippen LogP contribution in [-0.2, 0) is 12.0 Å². The van der Waals surface area contributed by atoms with Gasteiger partial charge in [-0.25, -0.2) is 9.78 Å². The van der Waals surface area contributed by atoms with Crippen LogP contribution in [0.3, 0.4) is 0 Å². The maximum absolute atomic E-state index is 12.1. The summed E-state index contributed by atoms with van der Waals surface area (Å²) in [4.78, 5) is 16.3. The molecule has 2 amide bonds. The van der Waals surface area contributed by atoms with Gasteiger partial charge in [-0.3, -0.25) is 0 Å². The predicted octanol–water partition coefficient (Wildman–Crippen LogP) is 3.76.